The number of rotatable bonds is 8. The van der Waals surface area contributed by atoms with E-state index in [1.807, 2.05) is 0 Å². The first kappa shape index (κ1) is 38.0. The second-order valence-electron chi connectivity index (χ2n) is 10.2. The Labute approximate surface area is 261 Å². The van der Waals surface area contributed by atoms with Crippen molar-refractivity contribution in [1.82, 2.24) is 30.6 Å². The number of nitrogens with one attached hydrogen (secondary N) is 4. The standard InChI is InChI=1S/C24H40N8O14/c1-29(23(25)27-5-15(37)31-7-13(35)21(43)19(41)11(31)9-33)45-17(39)3-4-18(40)46-30(2)24(26)28-6-16(38)32-8-14(36)22(44)20(42)12(32)10-34/h3-4,11-14,19-22,33-36,41-44H,5-10H2,1-2H3,(H2,25,27)(H2,26,28)/b4-3-/t11-,12-,13-,14-,19-,20-,21-,22-/m1/s1. The summed E-state index contributed by atoms with van der Waals surface area (Å²) in [7, 11) is 2.23. The summed E-state index contributed by atoms with van der Waals surface area (Å²) < 4.78 is 0. The van der Waals surface area contributed by atoms with Crippen molar-refractivity contribution < 1.29 is 69.7 Å². The van der Waals surface area contributed by atoms with E-state index in [-0.39, 0.29) is 0 Å². The van der Waals surface area contributed by atoms with E-state index in [0.717, 1.165) is 23.9 Å². The molecule has 22 nitrogen and oxygen atoms in total. The van der Waals surface area contributed by atoms with E-state index in [2.05, 4.69) is 10.6 Å². The predicted octanol–water partition coefficient (Wildman–Crippen LogP) is -8.06. The SMILES string of the molecule is CN(OC(=O)/C=C\C(=O)ON(C)C(=N)NCC(=O)N1C[C@@H](O)[C@@H](O)[C@H](O)[C@H]1CO)C(=N)NCC(=O)N1C[C@@H](O)[C@@H](O)[C@H](O)[C@H]1CO. The van der Waals surface area contributed by atoms with Gasteiger partial charge in [0.2, 0.25) is 23.7 Å². The van der Waals surface area contributed by atoms with Crippen LogP contribution >= 0.6 is 0 Å². The first-order chi connectivity index (χ1) is 21.5. The maximum atomic E-state index is 12.5. The third-order valence-corrected chi connectivity index (χ3v) is 7.11. The number of hydroxylamine groups is 4. The number of carbonyl (C=O) groups excluding carboxylic acids is 4. The summed E-state index contributed by atoms with van der Waals surface area (Å²) in [6, 6.07) is -2.41. The fraction of sp³-hybridized carbons (Fsp3) is 0.667. The monoisotopic (exact) mass is 664 g/mol. The van der Waals surface area contributed by atoms with E-state index in [9.17, 15) is 60.0 Å². The second kappa shape index (κ2) is 17.0. The Morgan fingerprint density at radius 3 is 1.33 bits per heavy atom. The van der Waals surface area contributed by atoms with Crippen LogP contribution in [-0.2, 0) is 28.9 Å². The third-order valence-electron chi connectivity index (χ3n) is 7.11. The first-order valence-electron chi connectivity index (χ1n) is 13.7. The third kappa shape index (κ3) is 9.67. The molecule has 0 aromatic carbocycles. The molecule has 2 amide bonds. The maximum absolute atomic E-state index is 12.5. The Balaban J connectivity index is 1.77. The normalized spacial score (nSPS) is 27.9. The largest absolute Gasteiger partial charge is 0.394 e. The van der Waals surface area contributed by atoms with E-state index in [1.165, 1.54) is 0 Å². The number of aliphatic hydroxyl groups excluding tert-OH is 8. The van der Waals surface area contributed by atoms with Gasteiger partial charge >= 0.3 is 11.9 Å². The number of hydrogen-bond donors (Lipinski definition) is 12. The van der Waals surface area contributed by atoms with E-state index in [1.54, 1.807) is 0 Å². The molecule has 12 N–H and O–H groups in total. The molecule has 46 heavy (non-hydrogen) atoms. The number of hydrogen-bond acceptors (Lipinski definition) is 16. The van der Waals surface area contributed by atoms with Crippen molar-refractivity contribution in [2.24, 2.45) is 0 Å². The summed E-state index contributed by atoms with van der Waals surface area (Å²) in [5.74, 6) is -5.04. The van der Waals surface area contributed by atoms with Gasteiger partial charge < -0.3 is 71.0 Å². The van der Waals surface area contributed by atoms with Crippen LogP contribution in [0.25, 0.3) is 0 Å². The van der Waals surface area contributed by atoms with Gasteiger partial charge in [0.15, 0.2) is 0 Å². The molecule has 2 aliphatic rings. The number of likely N-dealkylation sites (tertiary alicyclic amines) is 2. The Hall–Kier alpha value is -4.16. The molecule has 0 unspecified atom stereocenters. The topological polar surface area (TPSA) is 333 Å². The highest BCUT2D eigenvalue weighted by atomic mass is 16.7. The van der Waals surface area contributed by atoms with Gasteiger partial charge in [-0.05, 0) is 0 Å². The van der Waals surface area contributed by atoms with Gasteiger partial charge in [-0.3, -0.25) is 20.4 Å². The van der Waals surface area contributed by atoms with Crippen LogP contribution in [0.15, 0.2) is 12.2 Å². The zero-order valence-electron chi connectivity index (χ0n) is 24.8. The summed E-state index contributed by atoms with van der Waals surface area (Å²) in [6.07, 6.45) is -8.06. The lowest BCUT2D eigenvalue weighted by Crippen LogP contribution is -2.65. The van der Waals surface area contributed by atoms with Crippen LogP contribution in [0.3, 0.4) is 0 Å². The van der Waals surface area contributed by atoms with Crippen LogP contribution in [0, 0.1) is 10.8 Å². The maximum Gasteiger partial charge on any atom is 0.356 e. The zero-order valence-corrected chi connectivity index (χ0v) is 24.8. The molecule has 0 bridgehead atoms. The summed E-state index contributed by atoms with van der Waals surface area (Å²) in [5, 5.41) is 99.7. The molecule has 0 aromatic heterocycles. The molecule has 0 aliphatic carbocycles. The number of piperidine rings is 2. The van der Waals surface area contributed by atoms with Gasteiger partial charge in [-0.1, -0.05) is 0 Å². The molecule has 2 aliphatic heterocycles. The summed E-state index contributed by atoms with van der Waals surface area (Å²) in [5.41, 5.74) is 0. The number of guanidine groups is 2. The molecule has 2 heterocycles. The van der Waals surface area contributed by atoms with Crippen molar-refractivity contribution in [2.45, 2.75) is 48.7 Å². The van der Waals surface area contributed by atoms with Crippen LogP contribution in [0.4, 0.5) is 0 Å². The van der Waals surface area contributed by atoms with Gasteiger partial charge in [0.25, 0.3) is 0 Å². The number of β-amino-alcohol motifs (C(OH)–C–C–N with tert-alkyl or cyclic N) is 2. The fourth-order valence-electron chi connectivity index (χ4n) is 4.46. The second-order valence-corrected chi connectivity index (χ2v) is 10.2. The van der Waals surface area contributed by atoms with Crippen LogP contribution in [0.2, 0.25) is 0 Å². The van der Waals surface area contributed by atoms with Crippen LogP contribution < -0.4 is 10.6 Å². The first-order valence-corrected chi connectivity index (χ1v) is 13.7. The van der Waals surface area contributed by atoms with Crippen molar-refractivity contribution in [2.75, 3.05) is 53.5 Å². The van der Waals surface area contributed by atoms with Gasteiger partial charge in [-0.15, -0.1) is 0 Å². The van der Waals surface area contributed by atoms with Crippen molar-refractivity contribution >= 4 is 35.7 Å². The lowest BCUT2D eigenvalue weighted by Gasteiger charge is -2.43. The van der Waals surface area contributed by atoms with Gasteiger partial charge in [0, 0.05) is 39.3 Å². The highest BCUT2D eigenvalue weighted by molar-refractivity contribution is 5.93. The molecular weight excluding hydrogens is 624 g/mol. The van der Waals surface area contributed by atoms with Gasteiger partial charge in [0.05, 0.1) is 38.4 Å². The minimum Gasteiger partial charge on any atom is -0.394 e. The highest BCUT2D eigenvalue weighted by Crippen LogP contribution is 2.20. The molecule has 22 heteroatoms. The fourth-order valence-corrected chi connectivity index (χ4v) is 4.46. The quantitative estimate of drug-likeness (QED) is 0.0496. The molecule has 2 fully saturated rings. The average molecular weight is 665 g/mol. The van der Waals surface area contributed by atoms with Crippen LogP contribution in [0.1, 0.15) is 0 Å². The van der Waals surface area contributed by atoms with Crippen molar-refractivity contribution in [3.8, 4) is 0 Å². The molecule has 8 atom stereocenters. The Kier molecular flexibility index (Phi) is 14.0. The molecule has 0 spiro atoms. The van der Waals surface area contributed by atoms with E-state index < -0.39 is 124 Å². The minimum absolute atomic E-state index is 0.392. The van der Waals surface area contributed by atoms with Crippen molar-refractivity contribution in [3.05, 3.63) is 12.2 Å². The smallest absolute Gasteiger partial charge is 0.356 e. The number of nitrogens with zero attached hydrogens (tertiary/aromatic N) is 4. The Bertz CT molecular complexity index is 1070. The van der Waals surface area contributed by atoms with Gasteiger partial charge in [-0.2, -0.15) is 10.1 Å². The van der Waals surface area contributed by atoms with E-state index in [4.69, 9.17) is 20.5 Å². The van der Waals surface area contributed by atoms with Gasteiger partial charge in [-0.25, -0.2) is 9.59 Å². The molecule has 0 saturated carbocycles. The van der Waals surface area contributed by atoms with Crippen molar-refractivity contribution in [3.63, 3.8) is 0 Å². The Morgan fingerprint density at radius 2 is 1.02 bits per heavy atom. The molecule has 0 radical (unpaired) electrons. The lowest BCUT2D eigenvalue weighted by molar-refractivity contribution is -0.167. The number of amides is 2. The molecule has 2 rings (SSSR count). The molecule has 2 saturated heterocycles. The number of carbonyl (C=O) groups is 4. The zero-order chi connectivity index (χ0) is 34.9. The summed E-state index contributed by atoms with van der Waals surface area (Å²) >= 11 is 0. The lowest BCUT2D eigenvalue weighted by atomic mass is 9.94. The summed E-state index contributed by atoms with van der Waals surface area (Å²) in [6.45, 7) is -3.36. The predicted molar refractivity (Wildman–Crippen MR) is 150 cm³/mol. The van der Waals surface area contributed by atoms with E-state index >= 15 is 0 Å². The van der Waals surface area contributed by atoms with Crippen molar-refractivity contribution in [1.29, 1.82) is 10.8 Å². The summed E-state index contributed by atoms with van der Waals surface area (Å²) in [4.78, 5) is 60.6. The molecule has 0 aromatic rings. The molecular formula is C24H40N8O14. The minimum atomic E-state index is -1.61. The van der Waals surface area contributed by atoms with Gasteiger partial charge in [0.1, 0.15) is 36.6 Å². The highest BCUT2D eigenvalue weighted by Gasteiger charge is 2.44. The molecule has 260 valence electrons. The van der Waals surface area contributed by atoms with E-state index in [0.29, 0.717) is 22.3 Å². The average Bonchev–Trinajstić information content (AvgIpc) is 3.01. The van der Waals surface area contributed by atoms with Crippen LogP contribution in [-0.4, -0.2) is 199 Å². The number of aliphatic hydroxyl groups is 8. The van der Waals surface area contributed by atoms with Crippen LogP contribution in [0.5, 0.6) is 0 Å². The Morgan fingerprint density at radius 1 is 0.696 bits per heavy atom.